The number of aryl methyl sites for hydroxylation is 1. The van der Waals surface area contributed by atoms with Crippen molar-refractivity contribution in [3.05, 3.63) is 161 Å². The van der Waals surface area contributed by atoms with E-state index >= 15 is 0 Å². The summed E-state index contributed by atoms with van der Waals surface area (Å²) in [5, 5.41) is 13.1. The summed E-state index contributed by atoms with van der Waals surface area (Å²) in [6.07, 6.45) is 0.191. The molecule has 0 aliphatic carbocycles. The highest BCUT2D eigenvalue weighted by Crippen LogP contribution is 2.23. The van der Waals surface area contributed by atoms with Gasteiger partial charge in [0.05, 0.1) is 6.54 Å². The van der Waals surface area contributed by atoms with Crippen LogP contribution in [0.25, 0.3) is 0 Å². The van der Waals surface area contributed by atoms with Gasteiger partial charge in [0, 0.05) is 34.5 Å². The number of anilines is 2. The average molecular weight is 599 g/mol. The maximum atomic E-state index is 13.4. The van der Waals surface area contributed by atoms with E-state index in [1.165, 1.54) is 0 Å². The van der Waals surface area contributed by atoms with E-state index in [4.69, 9.17) is 4.74 Å². The Morgan fingerprint density at radius 3 is 2.07 bits per heavy atom. The molecule has 0 saturated heterocycles. The lowest BCUT2D eigenvalue weighted by molar-refractivity contribution is -0.137. The summed E-state index contributed by atoms with van der Waals surface area (Å²) in [6, 6.07) is 39.0. The van der Waals surface area contributed by atoms with Gasteiger partial charge in [-0.2, -0.15) is 0 Å². The van der Waals surface area contributed by atoms with Gasteiger partial charge in [-0.25, -0.2) is 4.79 Å². The minimum atomic E-state index is -1.03. The Hall–Kier alpha value is -5.69. The maximum Gasteiger partial charge on any atom is 0.326 e. The molecule has 1 amide bonds. The molecule has 5 aromatic rings. The second kappa shape index (κ2) is 14.7. The number of nitrogens with zero attached hydrogens (tertiary/aromatic N) is 1. The van der Waals surface area contributed by atoms with Gasteiger partial charge in [-0.15, -0.1) is 0 Å². The number of aliphatic carboxylic acids is 1. The van der Waals surface area contributed by atoms with Crippen molar-refractivity contribution in [2.24, 2.45) is 0 Å². The molecule has 0 aliphatic rings. The van der Waals surface area contributed by atoms with Crippen LogP contribution in [0.4, 0.5) is 11.4 Å². The molecule has 0 radical (unpaired) electrons. The van der Waals surface area contributed by atoms with Gasteiger partial charge in [0.2, 0.25) is 0 Å². The van der Waals surface area contributed by atoms with E-state index in [1.54, 1.807) is 77.7 Å². The van der Waals surface area contributed by atoms with Crippen molar-refractivity contribution >= 4 is 29.0 Å². The number of hydrogen-bond acceptors (Lipinski definition) is 5. The molecular weight excluding hydrogens is 564 g/mol. The second-order valence-corrected chi connectivity index (χ2v) is 10.6. The number of para-hydroxylation sites is 1. The van der Waals surface area contributed by atoms with E-state index in [1.807, 2.05) is 67.6 Å². The summed E-state index contributed by atoms with van der Waals surface area (Å²) in [5.41, 5.74) is 4.62. The quantitative estimate of drug-likeness (QED) is 0.141. The Morgan fingerprint density at radius 2 is 1.40 bits per heavy atom. The van der Waals surface area contributed by atoms with Crippen LogP contribution < -0.4 is 15.0 Å². The van der Waals surface area contributed by atoms with E-state index < -0.39 is 12.0 Å². The van der Waals surface area contributed by atoms with Crippen LogP contribution in [0.3, 0.4) is 0 Å². The molecule has 226 valence electrons. The summed E-state index contributed by atoms with van der Waals surface area (Å²) in [6.45, 7) is 2.59. The van der Waals surface area contributed by atoms with Crippen molar-refractivity contribution in [1.82, 2.24) is 0 Å². The first kappa shape index (κ1) is 30.8. The van der Waals surface area contributed by atoms with Gasteiger partial charge >= 0.3 is 5.97 Å². The number of nitrogens with one attached hydrogen (secondary N) is 1. The van der Waals surface area contributed by atoms with E-state index in [2.05, 4.69) is 5.32 Å². The molecule has 0 heterocycles. The first-order valence-corrected chi connectivity index (χ1v) is 14.7. The second-order valence-electron chi connectivity index (χ2n) is 10.6. The molecular formula is C38H34N2O5. The molecule has 5 rings (SSSR count). The molecule has 0 aliphatic heterocycles. The lowest BCUT2D eigenvalue weighted by Gasteiger charge is -2.23. The fourth-order valence-electron chi connectivity index (χ4n) is 5.03. The summed E-state index contributed by atoms with van der Waals surface area (Å²) >= 11 is 0. The van der Waals surface area contributed by atoms with Crippen molar-refractivity contribution in [2.75, 3.05) is 23.4 Å². The van der Waals surface area contributed by atoms with Gasteiger partial charge in [-0.1, -0.05) is 84.9 Å². The van der Waals surface area contributed by atoms with Crippen molar-refractivity contribution in [3.63, 3.8) is 0 Å². The van der Waals surface area contributed by atoms with Crippen molar-refractivity contribution in [3.8, 4) is 5.75 Å². The average Bonchev–Trinajstić information content (AvgIpc) is 3.07. The Labute approximate surface area is 262 Å². The SMILES string of the molecule is Cc1cccc(N(CCOc2ccc(CC(Nc3ccccc3C(=O)c3ccccc3)C(=O)O)cc2)C(=O)c2ccccc2)c1. The van der Waals surface area contributed by atoms with E-state index in [9.17, 15) is 19.5 Å². The van der Waals surface area contributed by atoms with Gasteiger partial charge in [0.1, 0.15) is 18.4 Å². The Morgan fingerprint density at radius 1 is 0.756 bits per heavy atom. The minimum Gasteiger partial charge on any atom is -0.492 e. The number of carboxylic acid groups (broad SMARTS) is 1. The Kier molecular flexibility index (Phi) is 10.0. The molecule has 0 aromatic heterocycles. The first-order valence-electron chi connectivity index (χ1n) is 14.7. The monoisotopic (exact) mass is 598 g/mol. The van der Waals surface area contributed by atoms with Crippen LogP contribution >= 0.6 is 0 Å². The zero-order valence-electron chi connectivity index (χ0n) is 24.9. The van der Waals surface area contributed by atoms with E-state index in [0.29, 0.717) is 34.7 Å². The maximum absolute atomic E-state index is 13.4. The summed E-state index contributed by atoms with van der Waals surface area (Å²) in [4.78, 5) is 40.4. The Balaban J connectivity index is 1.23. The van der Waals surface area contributed by atoms with Crippen LogP contribution in [0.15, 0.2) is 133 Å². The fraction of sp³-hybridized carbons (Fsp3) is 0.132. The van der Waals surface area contributed by atoms with Crippen molar-refractivity contribution in [2.45, 2.75) is 19.4 Å². The fourth-order valence-corrected chi connectivity index (χ4v) is 5.03. The normalized spacial score (nSPS) is 11.3. The summed E-state index contributed by atoms with van der Waals surface area (Å²) in [7, 11) is 0. The number of ether oxygens (including phenoxy) is 1. The molecule has 0 saturated carbocycles. The number of amides is 1. The van der Waals surface area contributed by atoms with Crippen LogP contribution in [0.2, 0.25) is 0 Å². The van der Waals surface area contributed by atoms with Crippen LogP contribution in [0.5, 0.6) is 5.75 Å². The number of benzene rings is 5. The van der Waals surface area contributed by atoms with Gasteiger partial charge < -0.3 is 20.1 Å². The number of rotatable bonds is 13. The third-order valence-electron chi connectivity index (χ3n) is 7.36. The molecule has 5 aromatic carbocycles. The lowest BCUT2D eigenvalue weighted by Crippen LogP contribution is -2.34. The molecule has 7 heteroatoms. The smallest absolute Gasteiger partial charge is 0.326 e. The molecule has 45 heavy (non-hydrogen) atoms. The molecule has 7 nitrogen and oxygen atoms in total. The number of carboxylic acids is 1. The van der Waals surface area contributed by atoms with Gasteiger partial charge in [-0.3, -0.25) is 9.59 Å². The highest BCUT2D eigenvalue weighted by molar-refractivity contribution is 6.12. The van der Waals surface area contributed by atoms with Crippen LogP contribution in [0.1, 0.15) is 37.4 Å². The lowest BCUT2D eigenvalue weighted by atomic mass is 10.00. The number of carbonyl (C=O) groups excluding carboxylic acids is 2. The van der Waals surface area contributed by atoms with Gasteiger partial charge in [-0.05, 0) is 66.6 Å². The third-order valence-corrected chi connectivity index (χ3v) is 7.36. The zero-order valence-corrected chi connectivity index (χ0v) is 24.9. The molecule has 1 atom stereocenters. The molecule has 0 spiro atoms. The van der Waals surface area contributed by atoms with Crippen LogP contribution in [0, 0.1) is 6.92 Å². The molecule has 1 unspecified atom stereocenters. The molecule has 2 N–H and O–H groups in total. The van der Waals surface area contributed by atoms with E-state index in [-0.39, 0.29) is 24.7 Å². The highest BCUT2D eigenvalue weighted by Gasteiger charge is 2.22. The van der Waals surface area contributed by atoms with Crippen molar-refractivity contribution < 1.29 is 24.2 Å². The zero-order chi connectivity index (χ0) is 31.6. The standard InChI is InChI=1S/C38H34N2O5/c1-27-11-10-16-31(25-27)40(37(42)30-14-6-3-7-15-30)23-24-45-32-21-19-28(20-22-32)26-35(38(43)44)39-34-18-9-8-17-33(34)36(41)29-12-4-2-5-13-29/h2-22,25,35,39H,23-24,26H2,1H3,(H,43,44). The van der Waals surface area contributed by atoms with Crippen LogP contribution in [-0.4, -0.2) is 42.0 Å². The molecule has 0 bridgehead atoms. The Bertz CT molecular complexity index is 1750. The van der Waals surface area contributed by atoms with E-state index in [0.717, 1.165) is 16.8 Å². The number of hydrogen-bond donors (Lipinski definition) is 2. The predicted molar refractivity (Wildman–Crippen MR) is 176 cm³/mol. The summed E-state index contributed by atoms with van der Waals surface area (Å²) < 4.78 is 6.00. The summed E-state index contributed by atoms with van der Waals surface area (Å²) in [5.74, 6) is -0.722. The topological polar surface area (TPSA) is 95.9 Å². The minimum absolute atomic E-state index is 0.112. The van der Waals surface area contributed by atoms with Crippen molar-refractivity contribution in [1.29, 1.82) is 0 Å². The number of carbonyl (C=O) groups is 3. The third kappa shape index (κ3) is 8.03. The van der Waals surface area contributed by atoms with Gasteiger partial charge in [0.25, 0.3) is 5.91 Å². The first-order chi connectivity index (χ1) is 21.9. The number of ketones is 1. The van der Waals surface area contributed by atoms with Gasteiger partial charge in [0.15, 0.2) is 5.78 Å². The molecule has 0 fully saturated rings. The largest absolute Gasteiger partial charge is 0.492 e. The highest BCUT2D eigenvalue weighted by atomic mass is 16.5. The predicted octanol–water partition coefficient (Wildman–Crippen LogP) is 7.06. The van der Waals surface area contributed by atoms with Crippen LogP contribution in [-0.2, 0) is 11.2 Å².